The predicted molar refractivity (Wildman–Crippen MR) is 101 cm³/mol. The van der Waals surface area contributed by atoms with Crippen LogP contribution in [0.15, 0.2) is 42.5 Å². The molecule has 0 spiro atoms. The molecule has 0 bridgehead atoms. The minimum absolute atomic E-state index is 0.758. The van der Waals surface area contributed by atoms with Crippen LogP contribution in [0.1, 0.15) is 22.4 Å². The summed E-state index contributed by atoms with van der Waals surface area (Å²) in [7, 11) is 1.69. The number of fused-ring (bicyclic) bond motifs is 1. The molecule has 0 fully saturated rings. The van der Waals surface area contributed by atoms with E-state index in [4.69, 9.17) is 21.4 Å². The Morgan fingerprint density at radius 3 is 2.92 bits per heavy atom. The molecular weight excluding hydrogens is 334 g/mol. The van der Waals surface area contributed by atoms with Crippen LogP contribution in [0.2, 0.25) is 5.02 Å². The highest BCUT2D eigenvalue weighted by Gasteiger charge is 2.24. The SMILES string of the molecule is COc1cccc(Cc2nn(-c3cccc(Cl)c3C)c3c2CCN3)c1. The number of nitrogens with zero attached hydrogens (tertiary/aromatic N) is 2. The minimum Gasteiger partial charge on any atom is -0.497 e. The first-order valence-corrected chi connectivity index (χ1v) is 8.78. The second-order valence-electron chi connectivity index (χ2n) is 6.27. The van der Waals surface area contributed by atoms with Crippen LogP contribution in [0.3, 0.4) is 0 Å². The molecule has 1 N–H and O–H groups in total. The number of benzene rings is 2. The molecule has 4 rings (SSSR count). The van der Waals surface area contributed by atoms with Crippen LogP contribution < -0.4 is 10.1 Å². The zero-order chi connectivity index (χ0) is 17.4. The van der Waals surface area contributed by atoms with Crippen molar-refractivity contribution in [3.8, 4) is 11.4 Å². The van der Waals surface area contributed by atoms with Gasteiger partial charge in [-0.1, -0.05) is 29.8 Å². The molecule has 0 radical (unpaired) electrons. The van der Waals surface area contributed by atoms with Gasteiger partial charge in [-0.2, -0.15) is 5.10 Å². The Kier molecular flexibility index (Phi) is 4.14. The number of nitrogens with one attached hydrogen (secondary N) is 1. The van der Waals surface area contributed by atoms with Gasteiger partial charge in [-0.3, -0.25) is 0 Å². The summed E-state index contributed by atoms with van der Waals surface area (Å²) in [6, 6.07) is 14.1. The summed E-state index contributed by atoms with van der Waals surface area (Å²) in [4.78, 5) is 0. The number of rotatable bonds is 4. The van der Waals surface area contributed by atoms with Gasteiger partial charge in [0.2, 0.25) is 0 Å². The first-order chi connectivity index (χ1) is 12.2. The molecule has 0 saturated heterocycles. The highest BCUT2D eigenvalue weighted by Crippen LogP contribution is 2.32. The zero-order valence-electron chi connectivity index (χ0n) is 14.3. The molecule has 25 heavy (non-hydrogen) atoms. The predicted octanol–water partition coefficient (Wildman–Crippen LogP) is 4.40. The maximum atomic E-state index is 6.31. The Morgan fingerprint density at radius 2 is 2.08 bits per heavy atom. The number of halogens is 1. The van der Waals surface area contributed by atoms with E-state index in [1.54, 1.807) is 7.11 Å². The van der Waals surface area contributed by atoms with Crippen molar-refractivity contribution in [2.45, 2.75) is 19.8 Å². The van der Waals surface area contributed by atoms with Gasteiger partial charge in [0.05, 0.1) is 18.5 Å². The van der Waals surface area contributed by atoms with E-state index < -0.39 is 0 Å². The lowest BCUT2D eigenvalue weighted by molar-refractivity contribution is 0.414. The first-order valence-electron chi connectivity index (χ1n) is 8.40. The van der Waals surface area contributed by atoms with Crippen LogP contribution in [0, 0.1) is 6.92 Å². The summed E-state index contributed by atoms with van der Waals surface area (Å²) >= 11 is 6.31. The van der Waals surface area contributed by atoms with Crippen LogP contribution in [-0.4, -0.2) is 23.4 Å². The maximum absolute atomic E-state index is 6.31. The number of methoxy groups -OCH3 is 1. The summed E-state index contributed by atoms with van der Waals surface area (Å²) in [6.45, 7) is 2.97. The zero-order valence-corrected chi connectivity index (χ0v) is 15.1. The van der Waals surface area contributed by atoms with Gasteiger partial charge in [0.25, 0.3) is 0 Å². The van der Waals surface area contributed by atoms with Crippen molar-refractivity contribution in [3.05, 3.63) is 69.9 Å². The van der Waals surface area contributed by atoms with Gasteiger partial charge in [-0.05, 0) is 48.7 Å². The van der Waals surface area contributed by atoms with E-state index in [2.05, 4.69) is 23.5 Å². The van der Waals surface area contributed by atoms with Crippen molar-refractivity contribution in [1.82, 2.24) is 9.78 Å². The summed E-state index contributed by atoms with van der Waals surface area (Å²) in [5, 5.41) is 9.14. The summed E-state index contributed by atoms with van der Waals surface area (Å²) in [5.74, 6) is 1.96. The maximum Gasteiger partial charge on any atom is 0.133 e. The third-order valence-electron chi connectivity index (χ3n) is 4.71. The summed E-state index contributed by atoms with van der Waals surface area (Å²) in [6.07, 6.45) is 1.78. The molecule has 2 heterocycles. The quantitative estimate of drug-likeness (QED) is 0.755. The van der Waals surface area contributed by atoms with Crippen LogP contribution in [0.5, 0.6) is 5.75 Å². The number of hydrogen-bond acceptors (Lipinski definition) is 3. The van der Waals surface area contributed by atoms with Crippen molar-refractivity contribution in [3.63, 3.8) is 0 Å². The molecule has 1 aromatic heterocycles. The van der Waals surface area contributed by atoms with Crippen molar-refractivity contribution < 1.29 is 4.74 Å². The van der Waals surface area contributed by atoms with Gasteiger partial charge >= 0.3 is 0 Å². The highest BCUT2D eigenvalue weighted by molar-refractivity contribution is 6.31. The molecular formula is C20H20ClN3O. The van der Waals surface area contributed by atoms with E-state index >= 15 is 0 Å². The number of ether oxygens (including phenoxy) is 1. The fraction of sp³-hybridized carbons (Fsp3) is 0.250. The van der Waals surface area contributed by atoms with Crippen molar-refractivity contribution in [2.75, 3.05) is 19.0 Å². The van der Waals surface area contributed by atoms with Gasteiger partial charge in [-0.25, -0.2) is 4.68 Å². The molecule has 3 aromatic rings. The molecule has 0 amide bonds. The van der Waals surface area contributed by atoms with Gasteiger partial charge in [-0.15, -0.1) is 0 Å². The Labute approximate surface area is 152 Å². The molecule has 1 aliphatic heterocycles. The molecule has 4 nitrogen and oxygen atoms in total. The molecule has 0 aliphatic carbocycles. The van der Waals surface area contributed by atoms with E-state index in [0.717, 1.165) is 52.9 Å². The standard InChI is InChI=1S/C20H20ClN3O/c1-13-17(21)7-4-8-19(13)24-20-16(9-10-22-20)18(23-24)12-14-5-3-6-15(11-14)25-2/h3-8,11,22H,9-10,12H2,1-2H3. The normalized spacial score (nSPS) is 12.8. The lowest BCUT2D eigenvalue weighted by Gasteiger charge is -2.10. The fourth-order valence-electron chi connectivity index (χ4n) is 3.36. The first kappa shape index (κ1) is 16.0. The summed E-state index contributed by atoms with van der Waals surface area (Å²) in [5.41, 5.74) is 5.66. The molecule has 1 aliphatic rings. The number of hydrogen-bond donors (Lipinski definition) is 1. The third kappa shape index (κ3) is 2.87. The Hall–Kier alpha value is -2.46. The third-order valence-corrected chi connectivity index (χ3v) is 5.12. The number of anilines is 1. The smallest absolute Gasteiger partial charge is 0.133 e. The highest BCUT2D eigenvalue weighted by atomic mass is 35.5. The molecule has 128 valence electrons. The Bertz CT molecular complexity index is 933. The van der Waals surface area contributed by atoms with Gasteiger partial charge < -0.3 is 10.1 Å². The summed E-state index contributed by atoms with van der Waals surface area (Å²) < 4.78 is 7.34. The van der Waals surface area contributed by atoms with Gasteiger partial charge in [0, 0.05) is 23.6 Å². The van der Waals surface area contributed by atoms with Crippen molar-refractivity contribution >= 4 is 17.4 Å². The molecule has 0 saturated carbocycles. The fourth-order valence-corrected chi connectivity index (χ4v) is 3.53. The Morgan fingerprint density at radius 1 is 1.24 bits per heavy atom. The number of aromatic nitrogens is 2. The van der Waals surface area contributed by atoms with Crippen LogP contribution in [0.4, 0.5) is 5.82 Å². The van der Waals surface area contributed by atoms with E-state index in [0.29, 0.717) is 0 Å². The van der Waals surface area contributed by atoms with Gasteiger partial charge in [0.15, 0.2) is 0 Å². The Balaban J connectivity index is 1.76. The lowest BCUT2D eigenvalue weighted by Crippen LogP contribution is -2.06. The second kappa shape index (κ2) is 6.45. The van der Waals surface area contributed by atoms with E-state index in [9.17, 15) is 0 Å². The average molecular weight is 354 g/mol. The van der Waals surface area contributed by atoms with Gasteiger partial charge in [0.1, 0.15) is 11.6 Å². The molecule has 0 atom stereocenters. The van der Waals surface area contributed by atoms with E-state index in [-0.39, 0.29) is 0 Å². The second-order valence-corrected chi connectivity index (χ2v) is 6.68. The van der Waals surface area contributed by atoms with E-state index in [1.807, 2.05) is 35.9 Å². The van der Waals surface area contributed by atoms with Crippen molar-refractivity contribution in [1.29, 1.82) is 0 Å². The monoisotopic (exact) mass is 353 g/mol. The average Bonchev–Trinajstić information content (AvgIpc) is 3.22. The van der Waals surface area contributed by atoms with Crippen LogP contribution >= 0.6 is 11.6 Å². The van der Waals surface area contributed by atoms with E-state index in [1.165, 1.54) is 11.1 Å². The van der Waals surface area contributed by atoms with Crippen molar-refractivity contribution in [2.24, 2.45) is 0 Å². The molecule has 2 aromatic carbocycles. The van der Waals surface area contributed by atoms with Crippen LogP contribution in [-0.2, 0) is 12.8 Å². The topological polar surface area (TPSA) is 39.1 Å². The lowest BCUT2D eigenvalue weighted by atomic mass is 10.1. The largest absolute Gasteiger partial charge is 0.497 e. The minimum atomic E-state index is 0.758. The molecule has 5 heteroatoms. The van der Waals surface area contributed by atoms with Crippen LogP contribution in [0.25, 0.3) is 5.69 Å². The molecule has 0 unspecified atom stereocenters.